The van der Waals surface area contributed by atoms with E-state index in [1.165, 1.54) is 18.2 Å². The van der Waals surface area contributed by atoms with Crippen molar-refractivity contribution >= 4 is 36.0 Å². The first-order valence-corrected chi connectivity index (χ1v) is 6.54. The first-order valence-electron chi connectivity index (χ1n) is 6.17. The SMILES string of the molecule is Cc1ccc(OC(=O)Nc2ccc(Cl)c(B(O)O)c2)cc1. The monoisotopic (exact) mass is 305 g/mol. The van der Waals surface area contributed by atoms with E-state index in [0.29, 0.717) is 11.4 Å². The van der Waals surface area contributed by atoms with Gasteiger partial charge in [0.1, 0.15) is 5.75 Å². The van der Waals surface area contributed by atoms with E-state index in [1.54, 1.807) is 12.1 Å². The molecular weight excluding hydrogens is 292 g/mol. The van der Waals surface area contributed by atoms with Gasteiger partial charge in [-0.3, -0.25) is 5.32 Å². The molecule has 0 aliphatic carbocycles. The summed E-state index contributed by atoms with van der Waals surface area (Å²) in [5.74, 6) is 0.412. The van der Waals surface area contributed by atoms with Gasteiger partial charge in [0, 0.05) is 16.2 Å². The van der Waals surface area contributed by atoms with Gasteiger partial charge in [-0.25, -0.2) is 4.79 Å². The standard InChI is InChI=1S/C14H13BClNO4/c1-9-2-5-11(6-3-9)21-14(18)17-10-4-7-13(16)12(8-10)15(19)20/h2-8,19-20H,1H3,(H,17,18). The number of hydrogen-bond donors (Lipinski definition) is 3. The Balaban J connectivity index is 2.06. The van der Waals surface area contributed by atoms with Crippen LogP contribution >= 0.6 is 11.6 Å². The fourth-order valence-electron chi connectivity index (χ4n) is 1.68. The molecule has 0 aliphatic rings. The zero-order valence-electron chi connectivity index (χ0n) is 11.2. The summed E-state index contributed by atoms with van der Waals surface area (Å²) in [5.41, 5.74) is 1.51. The Hall–Kier alpha value is -2.02. The minimum atomic E-state index is -1.72. The number of hydrogen-bond acceptors (Lipinski definition) is 4. The van der Waals surface area contributed by atoms with Gasteiger partial charge < -0.3 is 14.8 Å². The highest BCUT2D eigenvalue weighted by Gasteiger charge is 2.16. The molecule has 0 spiro atoms. The van der Waals surface area contributed by atoms with Crippen molar-refractivity contribution in [3.63, 3.8) is 0 Å². The number of carbonyl (C=O) groups is 1. The molecule has 0 fully saturated rings. The molecule has 2 aromatic carbocycles. The summed E-state index contributed by atoms with van der Waals surface area (Å²) < 4.78 is 5.10. The van der Waals surface area contributed by atoms with Gasteiger partial charge >= 0.3 is 13.2 Å². The minimum Gasteiger partial charge on any atom is -0.423 e. The lowest BCUT2D eigenvalue weighted by Crippen LogP contribution is -2.31. The molecule has 0 saturated heterocycles. The number of rotatable bonds is 3. The van der Waals surface area contributed by atoms with Crippen molar-refractivity contribution in [3.05, 3.63) is 53.1 Å². The molecule has 0 unspecified atom stereocenters. The first kappa shape index (κ1) is 15.4. The van der Waals surface area contributed by atoms with Crippen LogP contribution in [0.5, 0.6) is 5.75 Å². The fourth-order valence-corrected chi connectivity index (χ4v) is 1.89. The average molecular weight is 306 g/mol. The van der Waals surface area contributed by atoms with Crippen molar-refractivity contribution in [2.24, 2.45) is 0 Å². The minimum absolute atomic E-state index is 0.102. The summed E-state index contributed by atoms with van der Waals surface area (Å²) in [4.78, 5) is 11.7. The molecule has 0 aromatic heterocycles. The quantitative estimate of drug-likeness (QED) is 0.757. The lowest BCUT2D eigenvalue weighted by molar-refractivity contribution is 0.215. The van der Waals surface area contributed by atoms with Crippen LogP contribution < -0.4 is 15.5 Å². The number of aryl methyl sites for hydroxylation is 1. The second-order valence-electron chi connectivity index (χ2n) is 4.44. The van der Waals surface area contributed by atoms with E-state index in [-0.39, 0.29) is 10.5 Å². The molecule has 0 atom stereocenters. The van der Waals surface area contributed by atoms with E-state index >= 15 is 0 Å². The Labute approximate surface area is 127 Å². The van der Waals surface area contributed by atoms with Crippen molar-refractivity contribution in [3.8, 4) is 5.75 Å². The second-order valence-corrected chi connectivity index (χ2v) is 4.84. The molecule has 2 aromatic rings. The van der Waals surface area contributed by atoms with Crippen LogP contribution in [-0.2, 0) is 0 Å². The normalized spacial score (nSPS) is 10.1. The number of carbonyl (C=O) groups excluding carboxylic acids is 1. The third-order valence-electron chi connectivity index (χ3n) is 2.75. The van der Waals surface area contributed by atoms with Crippen molar-refractivity contribution in [1.29, 1.82) is 0 Å². The zero-order chi connectivity index (χ0) is 15.4. The molecule has 0 radical (unpaired) electrons. The van der Waals surface area contributed by atoms with Crippen LogP contribution in [0.3, 0.4) is 0 Å². The average Bonchev–Trinajstić information content (AvgIpc) is 2.43. The molecule has 7 heteroatoms. The molecule has 1 amide bonds. The lowest BCUT2D eigenvalue weighted by Gasteiger charge is -2.09. The van der Waals surface area contributed by atoms with Gasteiger partial charge in [0.05, 0.1) is 0 Å². The van der Waals surface area contributed by atoms with E-state index in [0.717, 1.165) is 5.56 Å². The maximum absolute atomic E-state index is 11.7. The maximum atomic E-state index is 11.7. The van der Waals surface area contributed by atoms with Crippen LogP contribution in [0, 0.1) is 6.92 Å². The Morgan fingerprint density at radius 3 is 2.48 bits per heavy atom. The highest BCUT2D eigenvalue weighted by atomic mass is 35.5. The van der Waals surface area contributed by atoms with Crippen LogP contribution in [-0.4, -0.2) is 23.3 Å². The van der Waals surface area contributed by atoms with Gasteiger partial charge in [0.15, 0.2) is 0 Å². The summed E-state index contributed by atoms with van der Waals surface area (Å²) in [7, 11) is -1.72. The van der Waals surface area contributed by atoms with Gasteiger partial charge in [-0.1, -0.05) is 29.3 Å². The van der Waals surface area contributed by atoms with Crippen molar-refractivity contribution in [2.45, 2.75) is 6.92 Å². The van der Waals surface area contributed by atoms with Crippen LogP contribution in [0.15, 0.2) is 42.5 Å². The Kier molecular flexibility index (Phi) is 4.85. The molecule has 0 aliphatic heterocycles. The molecule has 3 N–H and O–H groups in total. The van der Waals surface area contributed by atoms with Crippen LogP contribution in [0.25, 0.3) is 0 Å². The summed E-state index contributed by atoms with van der Waals surface area (Å²) in [5, 5.41) is 21.0. The Bertz CT molecular complexity index is 646. The molecular formula is C14H13BClNO4. The smallest absolute Gasteiger partial charge is 0.423 e. The number of ether oxygens (including phenoxy) is 1. The topological polar surface area (TPSA) is 78.8 Å². The predicted molar refractivity (Wildman–Crippen MR) is 82.1 cm³/mol. The Morgan fingerprint density at radius 1 is 1.19 bits per heavy atom. The highest BCUT2D eigenvalue weighted by molar-refractivity contribution is 6.62. The highest BCUT2D eigenvalue weighted by Crippen LogP contribution is 2.15. The predicted octanol–water partition coefficient (Wildman–Crippen LogP) is 1.94. The van der Waals surface area contributed by atoms with Gasteiger partial charge in [-0.05, 0) is 37.3 Å². The summed E-state index contributed by atoms with van der Waals surface area (Å²) >= 11 is 5.81. The lowest BCUT2D eigenvalue weighted by atomic mass is 9.80. The first-order chi connectivity index (χ1) is 9.95. The Morgan fingerprint density at radius 2 is 1.86 bits per heavy atom. The molecule has 2 rings (SSSR count). The number of halogens is 1. The largest absolute Gasteiger partial charge is 0.490 e. The van der Waals surface area contributed by atoms with Crippen LogP contribution in [0.2, 0.25) is 5.02 Å². The zero-order valence-corrected chi connectivity index (χ0v) is 12.0. The third kappa shape index (κ3) is 4.22. The molecule has 0 saturated carbocycles. The maximum Gasteiger partial charge on any atom is 0.490 e. The summed E-state index contributed by atoms with van der Waals surface area (Å²) in [6, 6.07) is 11.4. The fraction of sp³-hybridized carbons (Fsp3) is 0.0714. The summed E-state index contributed by atoms with van der Waals surface area (Å²) in [6.07, 6.45) is -0.681. The molecule has 108 valence electrons. The molecule has 0 bridgehead atoms. The van der Waals surface area contributed by atoms with Crippen molar-refractivity contribution in [2.75, 3.05) is 5.32 Å². The van der Waals surface area contributed by atoms with E-state index in [9.17, 15) is 4.79 Å². The van der Waals surface area contributed by atoms with E-state index in [4.69, 9.17) is 26.4 Å². The van der Waals surface area contributed by atoms with Crippen molar-refractivity contribution in [1.82, 2.24) is 0 Å². The molecule has 0 heterocycles. The molecule has 5 nitrogen and oxygen atoms in total. The number of anilines is 1. The third-order valence-corrected chi connectivity index (χ3v) is 3.10. The number of nitrogens with one attached hydrogen (secondary N) is 1. The number of amides is 1. The second kappa shape index (κ2) is 6.63. The van der Waals surface area contributed by atoms with Gasteiger partial charge in [0.25, 0.3) is 0 Å². The van der Waals surface area contributed by atoms with Crippen molar-refractivity contribution < 1.29 is 19.6 Å². The van der Waals surface area contributed by atoms with E-state index in [1.807, 2.05) is 19.1 Å². The van der Waals surface area contributed by atoms with Gasteiger partial charge in [-0.2, -0.15) is 0 Å². The van der Waals surface area contributed by atoms with E-state index < -0.39 is 13.2 Å². The van der Waals surface area contributed by atoms with Gasteiger partial charge in [-0.15, -0.1) is 0 Å². The van der Waals surface area contributed by atoms with Crippen LogP contribution in [0.4, 0.5) is 10.5 Å². The summed E-state index contributed by atoms with van der Waals surface area (Å²) in [6.45, 7) is 1.93. The van der Waals surface area contributed by atoms with Crippen LogP contribution in [0.1, 0.15) is 5.56 Å². The molecule has 21 heavy (non-hydrogen) atoms. The van der Waals surface area contributed by atoms with Gasteiger partial charge in [0.2, 0.25) is 0 Å². The number of benzene rings is 2. The van der Waals surface area contributed by atoms with E-state index in [2.05, 4.69) is 5.32 Å².